The molecule has 0 aromatic carbocycles. The third-order valence-corrected chi connectivity index (χ3v) is 2.15. The summed E-state index contributed by atoms with van der Waals surface area (Å²) in [4.78, 5) is 11.3. The molecular formula is C10H15NO3. The minimum absolute atomic E-state index is 0.295. The Kier molecular flexibility index (Phi) is 3.71. The molecule has 0 fully saturated rings. The van der Waals surface area contributed by atoms with E-state index >= 15 is 0 Å². The topological polar surface area (TPSA) is 40.5 Å². The molecule has 0 bridgehead atoms. The summed E-state index contributed by atoms with van der Waals surface area (Å²) in [6.07, 6.45) is 2.56. The van der Waals surface area contributed by atoms with Gasteiger partial charge in [0.25, 0.3) is 0 Å². The zero-order valence-electron chi connectivity index (χ0n) is 8.74. The summed E-state index contributed by atoms with van der Waals surface area (Å²) in [5.74, 6) is -0.295. The third-order valence-electron chi connectivity index (χ3n) is 2.15. The number of aromatic nitrogens is 1. The Balaban J connectivity index is 2.88. The van der Waals surface area contributed by atoms with Gasteiger partial charge in [-0.2, -0.15) is 0 Å². The van der Waals surface area contributed by atoms with Crippen molar-refractivity contribution in [2.24, 2.45) is 7.05 Å². The first kappa shape index (κ1) is 10.8. The summed E-state index contributed by atoms with van der Waals surface area (Å²) >= 11 is 0. The molecule has 4 nitrogen and oxygen atoms in total. The predicted molar refractivity (Wildman–Crippen MR) is 52.3 cm³/mol. The fourth-order valence-electron chi connectivity index (χ4n) is 1.37. The average molecular weight is 197 g/mol. The van der Waals surface area contributed by atoms with Crippen molar-refractivity contribution < 1.29 is 14.3 Å². The Bertz CT molecular complexity index is 317. The monoisotopic (exact) mass is 197 g/mol. The molecule has 4 heteroatoms. The molecular weight excluding hydrogens is 182 g/mol. The molecule has 0 aliphatic heterocycles. The molecule has 1 heterocycles. The van der Waals surface area contributed by atoms with Crippen LogP contribution in [0.25, 0.3) is 0 Å². The minimum atomic E-state index is -0.295. The molecule has 0 N–H and O–H groups in total. The highest BCUT2D eigenvalue weighted by molar-refractivity contribution is 5.90. The van der Waals surface area contributed by atoms with E-state index < -0.39 is 0 Å². The average Bonchev–Trinajstić information content (AvgIpc) is 2.56. The van der Waals surface area contributed by atoms with E-state index in [1.54, 1.807) is 13.2 Å². The van der Waals surface area contributed by atoms with Gasteiger partial charge in [0.05, 0.1) is 19.3 Å². The van der Waals surface area contributed by atoms with E-state index in [9.17, 15) is 4.79 Å². The second kappa shape index (κ2) is 4.81. The molecule has 0 saturated carbocycles. The summed E-state index contributed by atoms with van der Waals surface area (Å²) in [5.41, 5.74) is 1.56. The van der Waals surface area contributed by atoms with Crippen LogP contribution in [0.5, 0.6) is 0 Å². The first-order chi connectivity index (χ1) is 6.70. The Hall–Kier alpha value is -1.29. The molecule has 0 spiro atoms. The van der Waals surface area contributed by atoms with Crippen LogP contribution in [0, 0.1) is 0 Å². The van der Waals surface area contributed by atoms with Crippen LogP contribution in [0.15, 0.2) is 12.3 Å². The van der Waals surface area contributed by atoms with Crippen LogP contribution in [0.4, 0.5) is 0 Å². The van der Waals surface area contributed by atoms with Crippen molar-refractivity contribution in [1.82, 2.24) is 4.57 Å². The number of hydrogen-bond acceptors (Lipinski definition) is 3. The summed E-state index contributed by atoms with van der Waals surface area (Å²) in [7, 11) is 4.92. The van der Waals surface area contributed by atoms with Gasteiger partial charge >= 0.3 is 5.97 Å². The normalized spacial score (nSPS) is 10.2. The Labute approximate surface area is 83.4 Å². The smallest absolute Gasteiger partial charge is 0.339 e. The van der Waals surface area contributed by atoms with Gasteiger partial charge in [-0.25, -0.2) is 4.79 Å². The van der Waals surface area contributed by atoms with E-state index in [1.807, 2.05) is 17.8 Å². The molecule has 0 unspecified atom stereocenters. The molecule has 0 radical (unpaired) electrons. The van der Waals surface area contributed by atoms with Crippen LogP contribution >= 0.6 is 0 Å². The zero-order chi connectivity index (χ0) is 10.6. The largest absolute Gasteiger partial charge is 0.465 e. The molecule has 0 amide bonds. The first-order valence-electron chi connectivity index (χ1n) is 4.42. The third kappa shape index (κ3) is 2.14. The van der Waals surface area contributed by atoms with Gasteiger partial charge in [0.2, 0.25) is 0 Å². The molecule has 1 aromatic rings. The quantitative estimate of drug-likeness (QED) is 0.676. The van der Waals surface area contributed by atoms with Crippen molar-refractivity contribution in [3.8, 4) is 0 Å². The maximum absolute atomic E-state index is 11.3. The second-order valence-electron chi connectivity index (χ2n) is 3.02. The lowest BCUT2D eigenvalue weighted by atomic mass is 10.2. The molecule has 0 aliphatic rings. The van der Waals surface area contributed by atoms with Gasteiger partial charge in [0.15, 0.2) is 0 Å². The van der Waals surface area contributed by atoms with Crippen LogP contribution in [-0.4, -0.2) is 31.4 Å². The van der Waals surface area contributed by atoms with Crippen LogP contribution in [0.3, 0.4) is 0 Å². The Morgan fingerprint density at radius 1 is 1.50 bits per heavy atom. The van der Waals surface area contributed by atoms with E-state index in [2.05, 4.69) is 4.74 Å². The fraction of sp³-hybridized carbons (Fsp3) is 0.500. The van der Waals surface area contributed by atoms with E-state index in [1.165, 1.54) is 7.11 Å². The van der Waals surface area contributed by atoms with Crippen LogP contribution in [-0.2, 0) is 22.9 Å². The van der Waals surface area contributed by atoms with Crippen molar-refractivity contribution in [3.05, 3.63) is 23.5 Å². The lowest BCUT2D eigenvalue weighted by molar-refractivity contribution is 0.0599. The van der Waals surface area contributed by atoms with E-state index in [0.717, 1.165) is 5.69 Å². The molecule has 0 atom stereocenters. The number of nitrogens with zero attached hydrogens (tertiary/aromatic N) is 1. The molecule has 0 saturated heterocycles. The highest BCUT2D eigenvalue weighted by Gasteiger charge is 2.14. The van der Waals surface area contributed by atoms with Crippen LogP contribution in [0.1, 0.15) is 16.1 Å². The number of carbonyl (C=O) groups excluding carboxylic acids is 1. The van der Waals surface area contributed by atoms with Crippen molar-refractivity contribution in [2.45, 2.75) is 6.42 Å². The van der Waals surface area contributed by atoms with E-state index in [4.69, 9.17) is 4.74 Å². The SMILES string of the molecule is COCCc1c(C(=O)OC)ccn1C. The number of carbonyl (C=O) groups is 1. The van der Waals surface area contributed by atoms with Crippen molar-refractivity contribution in [3.63, 3.8) is 0 Å². The summed E-state index contributed by atoms with van der Waals surface area (Å²) in [5, 5.41) is 0. The first-order valence-corrected chi connectivity index (χ1v) is 4.42. The van der Waals surface area contributed by atoms with Gasteiger partial charge in [0.1, 0.15) is 0 Å². The van der Waals surface area contributed by atoms with Gasteiger partial charge in [0, 0.05) is 32.5 Å². The highest BCUT2D eigenvalue weighted by Crippen LogP contribution is 2.11. The van der Waals surface area contributed by atoms with Crippen LogP contribution < -0.4 is 0 Å². The summed E-state index contributed by atoms with van der Waals surface area (Å²) < 4.78 is 11.6. The van der Waals surface area contributed by atoms with Crippen LogP contribution in [0.2, 0.25) is 0 Å². The van der Waals surface area contributed by atoms with E-state index in [0.29, 0.717) is 18.6 Å². The standard InChI is InChI=1S/C10H15NO3/c1-11-6-4-8(10(12)14-3)9(11)5-7-13-2/h4,6H,5,7H2,1-3H3. The second-order valence-corrected chi connectivity index (χ2v) is 3.02. The Morgan fingerprint density at radius 3 is 2.79 bits per heavy atom. The summed E-state index contributed by atoms with van der Waals surface area (Å²) in [6.45, 7) is 0.599. The number of methoxy groups -OCH3 is 2. The van der Waals surface area contributed by atoms with Gasteiger partial charge in [-0.05, 0) is 6.07 Å². The minimum Gasteiger partial charge on any atom is -0.465 e. The number of ether oxygens (including phenoxy) is 2. The van der Waals surface area contributed by atoms with Crippen molar-refractivity contribution >= 4 is 5.97 Å². The maximum atomic E-state index is 11.3. The molecule has 14 heavy (non-hydrogen) atoms. The molecule has 1 rings (SSSR count). The molecule has 1 aromatic heterocycles. The lowest BCUT2D eigenvalue weighted by Crippen LogP contribution is -2.08. The van der Waals surface area contributed by atoms with Crippen molar-refractivity contribution in [1.29, 1.82) is 0 Å². The van der Waals surface area contributed by atoms with Crippen molar-refractivity contribution in [2.75, 3.05) is 20.8 Å². The Morgan fingerprint density at radius 2 is 2.21 bits per heavy atom. The molecule has 0 aliphatic carbocycles. The zero-order valence-corrected chi connectivity index (χ0v) is 8.74. The van der Waals surface area contributed by atoms with Gasteiger partial charge in [-0.3, -0.25) is 0 Å². The van der Waals surface area contributed by atoms with Gasteiger partial charge < -0.3 is 14.0 Å². The van der Waals surface area contributed by atoms with E-state index in [-0.39, 0.29) is 5.97 Å². The number of rotatable bonds is 4. The highest BCUT2D eigenvalue weighted by atomic mass is 16.5. The number of hydrogen-bond donors (Lipinski definition) is 0. The number of aryl methyl sites for hydroxylation is 1. The lowest BCUT2D eigenvalue weighted by Gasteiger charge is -2.05. The maximum Gasteiger partial charge on any atom is 0.339 e. The number of esters is 1. The molecule has 78 valence electrons. The fourth-order valence-corrected chi connectivity index (χ4v) is 1.37. The van der Waals surface area contributed by atoms with Gasteiger partial charge in [-0.15, -0.1) is 0 Å². The van der Waals surface area contributed by atoms with Gasteiger partial charge in [-0.1, -0.05) is 0 Å². The summed E-state index contributed by atoms with van der Waals surface area (Å²) in [6, 6.07) is 1.76. The predicted octanol–water partition coefficient (Wildman–Crippen LogP) is 1.00.